The summed E-state index contributed by atoms with van der Waals surface area (Å²) in [6.45, 7) is 9.12. The van der Waals surface area contributed by atoms with Crippen LogP contribution in [0.1, 0.15) is 39.7 Å². The number of phenolic OH excluding ortho intramolecular Hbond substituents is 1. The van der Waals surface area contributed by atoms with E-state index in [-0.39, 0.29) is 29.6 Å². The molecule has 0 radical (unpaired) electrons. The summed E-state index contributed by atoms with van der Waals surface area (Å²) >= 11 is 0. The molecule has 0 fully saturated rings. The topological polar surface area (TPSA) is 20.2 Å². The number of hydrogen-bond acceptors (Lipinski definition) is 1. The van der Waals surface area contributed by atoms with Crippen LogP contribution in [0, 0.1) is 11.3 Å². The molecule has 0 heterocycles. The molecule has 1 nitrogen and oxygen atoms in total. The summed E-state index contributed by atoms with van der Waals surface area (Å²) in [7, 11) is 0. The molecule has 1 rings (SSSR count). The Balaban J connectivity index is 0.00000225. The van der Waals surface area contributed by atoms with Crippen LogP contribution >= 0.6 is 0 Å². The molecule has 2 heteroatoms. The Morgan fingerprint density at radius 2 is 1.62 bits per heavy atom. The van der Waals surface area contributed by atoms with Crippen molar-refractivity contribution in [2.24, 2.45) is 11.3 Å². The molecule has 0 spiro atoms. The second-order valence-corrected chi connectivity index (χ2v) is 5.74. The molecule has 0 saturated carbocycles. The van der Waals surface area contributed by atoms with Crippen molar-refractivity contribution in [2.45, 2.75) is 40.5 Å². The zero-order valence-corrected chi connectivity index (χ0v) is 10.2. The van der Waals surface area contributed by atoms with Gasteiger partial charge in [-0.1, -0.05) is 39.8 Å². The Labute approximate surface area is 122 Å². The molecule has 0 bridgehead atoms. The van der Waals surface area contributed by atoms with Gasteiger partial charge < -0.3 is 5.11 Å². The first-order valence-corrected chi connectivity index (χ1v) is 5.65. The van der Waals surface area contributed by atoms with Crippen molar-refractivity contribution in [3.63, 3.8) is 0 Å². The summed E-state index contributed by atoms with van der Waals surface area (Å²) in [5.74, 6) is 1.04. The van der Waals surface area contributed by atoms with Crippen molar-refractivity contribution >= 4 is 29.6 Å². The van der Waals surface area contributed by atoms with Crippen molar-refractivity contribution in [3.05, 3.63) is 29.8 Å². The molecule has 1 aromatic rings. The monoisotopic (exact) mass is 230 g/mol. The van der Waals surface area contributed by atoms with Gasteiger partial charge in [-0.05, 0) is 41.9 Å². The van der Waals surface area contributed by atoms with E-state index in [0.29, 0.717) is 17.1 Å². The van der Waals surface area contributed by atoms with Gasteiger partial charge in [-0.15, -0.1) is 0 Å². The number of benzene rings is 1. The van der Waals surface area contributed by atoms with Gasteiger partial charge in [0.25, 0.3) is 0 Å². The first kappa shape index (κ1) is 16.0. The summed E-state index contributed by atoms with van der Waals surface area (Å²) in [5, 5.41) is 9.18. The minimum atomic E-state index is 0. The zero-order chi connectivity index (χ0) is 11.5. The van der Waals surface area contributed by atoms with Gasteiger partial charge in [-0.3, -0.25) is 0 Å². The van der Waals surface area contributed by atoms with Crippen molar-refractivity contribution in [3.8, 4) is 5.75 Å². The molecule has 0 aliphatic rings. The Morgan fingerprint density at radius 1 is 1.12 bits per heavy atom. The van der Waals surface area contributed by atoms with Gasteiger partial charge in [0.15, 0.2) is 0 Å². The maximum absolute atomic E-state index is 9.18. The number of phenols is 1. The predicted octanol–water partition coefficient (Wildman–Crippen LogP) is 3.36. The molecule has 1 unspecified atom stereocenters. The van der Waals surface area contributed by atoms with Crippen molar-refractivity contribution in [1.82, 2.24) is 0 Å². The van der Waals surface area contributed by atoms with Crippen LogP contribution in [0.25, 0.3) is 0 Å². The molecule has 0 aliphatic heterocycles. The summed E-state index contributed by atoms with van der Waals surface area (Å²) in [4.78, 5) is 0. The second kappa shape index (κ2) is 6.68. The van der Waals surface area contributed by atoms with Crippen molar-refractivity contribution in [1.29, 1.82) is 0 Å². The molecule has 0 aliphatic carbocycles. The maximum atomic E-state index is 9.18. The SMILES string of the molecule is CC(Cc1ccc(O)cc1)CC(C)(C)C.[NaH]. The molecular formula is C14H23NaO. The molecule has 0 saturated heterocycles. The van der Waals surface area contributed by atoms with Crippen LogP contribution in [0.2, 0.25) is 0 Å². The van der Waals surface area contributed by atoms with E-state index in [1.54, 1.807) is 12.1 Å². The number of aromatic hydroxyl groups is 1. The van der Waals surface area contributed by atoms with E-state index in [2.05, 4.69) is 27.7 Å². The number of rotatable bonds is 3. The zero-order valence-electron chi connectivity index (χ0n) is 10.2. The minimum absolute atomic E-state index is 0. The van der Waals surface area contributed by atoms with Gasteiger partial charge in [0.1, 0.15) is 5.75 Å². The molecule has 16 heavy (non-hydrogen) atoms. The molecule has 86 valence electrons. The van der Waals surface area contributed by atoms with E-state index in [0.717, 1.165) is 6.42 Å². The van der Waals surface area contributed by atoms with E-state index in [9.17, 15) is 5.11 Å². The number of hydrogen-bond donors (Lipinski definition) is 1. The van der Waals surface area contributed by atoms with Crippen LogP contribution in [0.4, 0.5) is 0 Å². The predicted molar refractivity (Wildman–Crippen MR) is 72.2 cm³/mol. The summed E-state index contributed by atoms with van der Waals surface area (Å²) < 4.78 is 0. The van der Waals surface area contributed by atoms with Crippen LogP contribution in [0.5, 0.6) is 5.75 Å². The molecule has 0 amide bonds. The first-order chi connectivity index (χ1) is 6.87. The van der Waals surface area contributed by atoms with E-state index < -0.39 is 0 Å². The van der Waals surface area contributed by atoms with E-state index in [1.807, 2.05) is 12.1 Å². The van der Waals surface area contributed by atoms with Crippen molar-refractivity contribution < 1.29 is 5.11 Å². The van der Waals surface area contributed by atoms with Gasteiger partial charge in [0.05, 0.1) is 0 Å². The normalized spacial score (nSPS) is 13.0. The van der Waals surface area contributed by atoms with Crippen LogP contribution in [0.15, 0.2) is 24.3 Å². The Kier molecular flexibility index (Phi) is 6.69. The van der Waals surface area contributed by atoms with E-state index in [4.69, 9.17) is 0 Å². The average Bonchev–Trinajstić information content (AvgIpc) is 2.05. The summed E-state index contributed by atoms with van der Waals surface area (Å²) in [5.41, 5.74) is 1.71. The van der Waals surface area contributed by atoms with Crippen LogP contribution in [-0.2, 0) is 6.42 Å². The van der Waals surface area contributed by atoms with Gasteiger partial charge in [-0.2, -0.15) is 0 Å². The van der Waals surface area contributed by atoms with Gasteiger partial charge in [0, 0.05) is 0 Å². The van der Waals surface area contributed by atoms with Crippen LogP contribution in [0.3, 0.4) is 0 Å². The van der Waals surface area contributed by atoms with Gasteiger partial charge in [0.2, 0.25) is 0 Å². The Bertz CT molecular complexity index is 298. The third-order valence-corrected chi connectivity index (χ3v) is 2.48. The molecule has 0 aromatic heterocycles. The molecule has 1 aromatic carbocycles. The molecule has 1 atom stereocenters. The van der Waals surface area contributed by atoms with E-state index >= 15 is 0 Å². The Morgan fingerprint density at radius 3 is 2.06 bits per heavy atom. The Hall–Kier alpha value is 0.0200. The average molecular weight is 230 g/mol. The van der Waals surface area contributed by atoms with Gasteiger partial charge in [-0.25, -0.2) is 0 Å². The fourth-order valence-electron chi connectivity index (χ4n) is 2.15. The van der Waals surface area contributed by atoms with Gasteiger partial charge >= 0.3 is 29.6 Å². The van der Waals surface area contributed by atoms with Crippen LogP contribution < -0.4 is 0 Å². The standard InChI is InChI=1S/C14H22O.Na.H/c1-11(10-14(2,3)4)9-12-5-7-13(15)8-6-12;;/h5-8,11,15H,9-10H2,1-4H3;;. The second-order valence-electron chi connectivity index (χ2n) is 5.74. The first-order valence-electron chi connectivity index (χ1n) is 5.65. The fraction of sp³-hybridized carbons (Fsp3) is 0.571. The summed E-state index contributed by atoms with van der Waals surface area (Å²) in [6.07, 6.45) is 2.32. The fourth-order valence-corrected chi connectivity index (χ4v) is 2.15. The van der Waals surface area contributed by atoms with E-state index in [1.165, 1.54) is 12.0 Å². The molecular weight excluding hydrogens is 207 g/mol. The summed E-state index contributed by atoms with van der Waals surface area (Å²) in [6, 6.07) is 7.54. The molecule has 1 N–H and O–H groups in total. The third-order valence-electron chi connectivity index (χ3n) is 2.48. The third kappa shape index (κ3) is 6.57. The van der Waals surface area contributed by atoms with Crippen LogP contribution in [-0.4, -0.2) is 34.7 Å². The quantitative estimate of drug-likeness (QED) is 0.789. The van der Waals surface area contributed by atoms with Crippen molar-refractivity contribution in [2.75, 3.05) is 0 Å².